The molecule has 2 aromatic carbocycles. The first kappa shape index (κ1) is 17.6. The van der Waals surface area contributed by atoms with E-state index in [1.807, 2.05) is 69.3 Å². The quantitative estimate of drug-likeness (QED) is 0.541. The van der Waals surface area contributed by atoms with Crippen molar-refractivity contribution < 1.29 is 4.79 Å². The van der Waals surface area contributed by atoms with Crippen LogP contribution in [0.25, 0.3) is 28.2 Å². The van der Waals surface area contributed by atoms with Gasteiger partial charge >= 0.3 is 0 Å². The van der Waals surface area contributed by atoms with Crippen molar-refractivity contribution in [1.29, 1.82) is 0 Å². The zero-order valence-electron chi connectivity index (χ0n) is 14.7. The lowest BCUT2D eigenvalue weighted by Crippen LogP contribution is -1.97. The van der Waals surface area contributed by atoms with Gasteiger partial charge in [0.2, 0.25) is 0 Å². The zero-order valence-corrected chi connectivity index (χ0v) is 14.7. The highest BCUT2D eigenvalue weighted by Gasteiger charge is 2.10. The van der Waals surface area contributed by atoms with Crippen molar-refractivity contribution in [2.45, 2.75) is 27.7 Å². The van der Waals surface area contributed by atoms with E-state index in [0.29, 0.717) is 0 Å². The molecule has 0 aliphatic carbocycles. The predicted octanol–water partition coefficient (Wildman–Crippen LogP) is 6.16. The summed E-state index contributed by atoms with van der Waals surface area (Å²) in [7, 11) is 0. The van der Waals surface area contributed by atoms with Crippen LogP contribution in [0.2, 0.25) is 0 Å². The van der Waals surface area contributed by atoms with Gasteiger partial charge in [-0.1, -0.05) is 68.5 Å². The third-order valence-electron chi connectivity index (χ3n) is 3.66. The number of carbonyl (C=O) groups is 1. The Hall–Kier alpha value is -2.74. The Morgan fingerprint density at radius 2 is 1.67 bits per heavy atom. The highest BCUT2D eigenvalue weighted by Crippen LogP contribution is 2.25. The lowest BCUT2D eigenvalue weighted by molar-refractivity contribution is 0.101. The molecule has 0 unspecified atom stereocenters. The minimum atomic E-state index is 0.0605. The van der Waals surface area contributed by atoms with Crippen molar-refractivity contribution in [3.63, 3.8) is 0 Å². The van der Waals surface area contributed by atoms with Gasteiger partial charge in [-0.2, -0.15) is 0 Å². The summed E-state index contributed by atoms with van der Waals surface area (Å²) < 4.78 is 0. The van der Waals surface area contributed by atoms with Crippen molar-refractivity contribution in [2.75, 3.05) is 0 Å². The zero-order chi connectivity index (χ0) is 17.5. The number of para-hydroxylation sites is 1. The van der Waals surface area contributed by atoms with Crippen molar-refractivity contribution in [3.05, 3.63) is 71.8 Å². The lowest BCUT2D eigenvalue weighted by atomic mass is 10.0. The van der Waals surface area contributed by atoms with Gasteiger partial charge in [-0.15, -0.1) is 0 Å². The van der Waals surface area contributed by atoms with E-state index in [1.54, 1.807) is 6.92 Å². The predicted molar refractivity (Wildman–Crippen MR) is 103 cm³/mol. The van der Waals surface area contributed by atoms with Gasteiger partial charge in [0, 0.05) is 16.5 Å². The molecule has 2 nitrogen and oxygen atoms in total. The van der Waals surface area contributed by atoms with Gasteiger partial charge in [0.15, 0.2) is 5.78 Å². The van der Waals surface area contributed by atoms with Gasteiger partial charge in [0.05, 0.1) is 11.2 Å². The number of pyridine rings is 1. The van der Waals surface area contributed by atoms with E-state index < -0.39 is 0 Å². The highest BCUT2D eigenvalue weighted by atomic mass is 16.1. The molecular formula is C22H23NO. The molecule has 0 atom stereocenters. The number of aromatic nitrogens is 1. The van der Waals surface area contributed by atoms with Crippen molar-refractivity contribution in [1.82, 2.24) is 4.98 Å². The lowest BCUT2D eigenvalue weighted by Gasteiger charge is -2.08. The summed E-state index contributed by atoms with van der Waals surface area (Å²) in [4.78, 5) is 16.6. The van der Waals surface area contributed by atoms with Crippen LogP contribution in [-0.2, 0) is 0 Å². The van der Waals surface area contributed by atoms with Gasteiger partial charge in [0.1, 0.15) is 0 Å². The largest absolute Gasteiger partial charge is 0.294 e. The maximum Gasteiger partial charge on any atom is 0.160 e. The second-order valence-corrected chi connectivity index (χ2v) is 5.25. The Balaban J connectivity index is 0.00000100. The topological polar surface area (TPSA) is 30.0 Å². The van der Waals surface area contributed by atoms with E-state index in [9.17, 15) is 4.79 Å². The number of hydrogen-bond acceptors (Lipinski definition) is 2. The molecule has 0 aliphatic rings. The second-order valence-electron chi connectivity index (χ2n) is 5.25. The van der Waals surface area contributed by atoms with E-state index >= 15 is 0 Å². The Morgan fingerprint density at radius 3 is 2.29 bits per heavy atom. The molecule has 0 spiro atoms. The molecule has 3 aromatic rings. The van der Waals surface area contributed by atoms with Crippen LogP contribution >= 0.6 is 0 Å². The summed E-state index contributed by atoms with van der Waals surface area (Å²) in [5, 5.41) is 0.907. The Kier molecular flexibility index (Phi) is 6.02. The molecule has 0 saturated carbocycles. The first-order chi connectivity index (χ1) is 11.7. The molecule has 122 valence electrons. The summed E-state index contributed by atoms with van der Waals surface area (Å²) in [5.41, 5.74) is 4.57. The molecule has 0 amide bonds. The molecule has 1 heterocycles. The van der Waals surface area contributed by atoms with Crippen LogP contribution in [0.5, 0.6) is 0 Å². The number of rotatable bonds is 3. The molecule has 1 aromatic heterocycles. The number of ketones is 1. The van der Waals surface area contributed by atoms with Crippen LogP contribution in [0.1, 0.15) is 43.6 Å². The summed E-state index contributed by atoms with van der Waals surface area (Å²) in [6, 6.07) is 17.8. The second kappa shape index (κ2) is 8.21. The van der Waals surface area contributed by atoms with Crippen LogP contribution in [0.3, 0.4) is 0 Å². The SMILES string of the molecule is C/C=C\c1ccc(-c2cc(C(C)=O)c3ccccc3n2)cc1.CC. The minimum absolute atomic E-state index is 0.0605. The van der Waals surface area contributed by atoms with E-state index in [0.717, 1.165) is 33.3 Å². The average Bonchev–Trinajstić information content (AvgIpc) is 2.63. The maximum atomic E-state index is 11.9. The van der Waals surface area contributed by atoms with Gasteiger partial charge in [-0.05, 0) is 31.5 Å². The number of nitrogens with zero attached hydrogens (tertiary/aromatic N) is 1. The standard InChI is InChI=1S/C20H17NO.C2H6/c1-3-6-15-9-11-16(12-10-15)20-13-18(14(2)22)17-7-4-5-8-19(17)21-20;1-2/h3-13H,1-2H3;1-2H3/b6-3-;. The first-order valence-corrected chi connectivity index (χ1v) is 8.33. The number of benzene rings is 2. The molecule has 0 fully saturated rings. The molecule has 24 heavy (non-hydrogen) atoms. The van der Waals surface area contributed by atoms with Crippen molar-refractivity contribution in [2.24, 2.45) is 0 Å². The summed E-state index contributed by atoms with van der Waals surface area (Å²) in [6.45, 7) is 7.60. The molecule has 2 heteroatoms. The van der Waals surface area contributed by atoms with Crippen LogP contribution in [0.4, 0.5) is 0 Å². The molecule has 0 radical (unpaired) electrons. The van der Waals surface area contributed by atoms with Gasteiger partial charge < -0.3 is 0 Å². The molecule has 0 N–H and O–H groups in total. The van der Waals surface area contributed by atoms with E-state index in [-0.39, 0.29) is 5.78 Å². The Bertz CT molecular complexity index is 861. The van der Waals surface area contributed by atoms with E-state index in [1.165, 1.54) is 0 Å². The summed E-state index contributed by atoms with van der Waals surface area (Å²) in [5.74, 6) is 0.0605. The fourth-order valence-electron chi connectivity index (χ4n) is 2.57. The van der Waals surface area contributed by atoms with Crippen molar-refractivity contribution >= 4 is 22.8 Å². The van der Waals surface area contributed by atoms with Crippen LogP contribution < -0.4 is 0 Å². The Morgan fingerprint density at radius 1 is 1.00 bits per heavy atom. The van der Waals surface area contributed by atoms with Crippen LogP contribution in [-0.4, -0.2) is 10.8 Å². The number of allylic oxidation sites excluding steroid dienone is 1. The third kappa shape index (κ3) is 3.77. The summed E-state index contributed by atoms with van der Waals surface area (Å²) in [6.07, 6.45) is 4.07. The fraction of sp³-hybridized carbons (Fsp3) is 0.182. The molecule has 0 bridgehead atoms. The molecule has 3 rings (SSSR count). The van der Waals surface area contributed by atoms with Gasteiger partial charge in [0.25, 0.3) is 0 Å². The number of carbonyl (C=O) groups excluding carboxylic acids is 1. The average molecular weight is 317 g/mol. The monoisotopic (exact) mass is 317 g/mol. The number of Topliss-reactive ketones (excluding diaryl/α,β-unsaturated/α-hetero) is 1. The molecule has 0 saturated heterocycles. The first-order valence-electron chi connectivity index (χ1n) is 8.33. The molecule has 0 aliphatic heterocycles. The van der Waals surface area contributed by atoms with Crippen LogP contribution in [0.15, 0.2) is 60.7 Å². The smallest absolute Gasteiger partial charge is 0.160 e. The van der Waals surface area contributed by atoms with E-state index in [2.05, 4.69) is 18.2 Å². The molecular weight excluding hydrogens is 294 g/mol. The third-order valence-corrected chi connectivity index (χ3v) is 3.66. The Labute approximate surface area is 143 Å². The minimum Gasteiger partial charge on any atom is -0.294 e. The normalized spacial score (nSPS) is 10.5. The number of hydrogen-bond donors (Lipinski definition) is 0. The fourth-order valence-corrected chi connectivity index (χ4v) is 2.57. The van der Waals surface area contributed by atoms with Crippen LogP contribution in [0, 0.1) is 0 Å². The van der Waals surface area contributed by atoms with Crippen molar-refractivity contribution in [3.8, 4) is 11.3 Å². The summed E-state index contributed by atoms with van der Waals surface area (Å²) >= 11 is 0. The van der Waals surface area contributed by atoms with Gasteiger partial charge in [-0.3, -0.25) is 4.79 Å². The van der Waals surface area contributed by atoms with E-state index in [4.69, 9.17) is 4.98 Å². The maximum absolute atomic E-state index is 11.9. The highest BCUT2D eigenvalue weighted by molar-refractivity contribution is 6.07. The van der Waals surface area contributed by atoms with Gasteiger partial charge in [-0.25, -0.2) is 4.98 Å². The number of fused-ring (bicyclic) bond motifs is 1.